The van der Waals surface area contributed by atoms with Gasteiger partial charge < -0.3 is 4.43 Å². The molecule has 0 aromatic heterocycles. The van der Waals surface area contributed by atoms with Crippen LogP contribution in [0.2, 0.25) is 6.04 Å². The molecule has 0 spiro atoms. The van der Waals surface area contributed by atoms with Crippen molar-refractivity contribution in [1.29, 1.82) is 0 Å². The molecule has 0 heterocycles. The van der Waals surface area contributed by atoms with E-state index in [0.717, 1.165) is 11.8 Å². The zero-order valence-corrected chi connectivity index (χ0v) is 10.3. The molecule has 1 radical (unpaired) electrons. The van der Waals surface area contributed by atoms with Crippen molar-refractivity contribution in [2.45, 2.75) is 13.0 Å². The highest BCUT2D eigenvalue weighted by Gasteiger charge is 2.18. The van der Waals surface area contributed by atoms with Crippen LogP contribution >= 0.6 is 0 Å². The number of hydrogen-bond donors (Lipinski definition) is 0. The summed E-state index contributed by atoms with van der Waals surface area (Å²) in [7, 11) is -1.37. The fourth-order valence-electron chi connectivity index (χ4n) is 1.27. The highest BCUT2D eigenvalue weighted by Crippen LogP contribution is 2.17. The Hall–Kier alpha value is -1.28. The Kier molecular flexibility index (Phi) is 4.91. The second-order valence-electron chi connectivity index (χ2n) is 3.39. The molecule has 79 valence electrons. The standard InChI is InChI=1S/C13H17OSi/c1-4-11-15(12(3)5-2)14-13-9-7-6-8-10-13/h4-10,15H,1-2,11H2,3H3. The summed E-state index contributed by atoms with van der Waals surface area (Å²) < 4.78 is 5.97. The number of allylic oxidation sites excluding steroid dienone is 2. The fraction of sp³-hybridized carbons (Fsp3) is 0.154. The van der Waals surface area contributed by atoms with Crippen molar-refractivity contribution in [2.75, 3.05) is 0 Å². The van der Waals surface area contributed by atoms with Gasteiger partial charge in [-0.25, -0.2) is 0 Å². The Bertz CT molecular complexity index is 308. The Morgan fingerprint density at radius 3 is 2.53 bits per heavy atom. The van der Waals surface area contributed by atoms with Crippen LogP contribution in [0.1, 0.15) is 6.92 Å². The van der Waals surface area contributed by atoms with Crippen LogP contribution in [0, 0.1) is 5.54 Å². The van der Waals surface area contributed by atoms with E-state index in [2.05, 4.69) is 20.1 Å². The minimum Gasteiger partial charge on any atom is -0.545 e. The molecule has 0 N–H and O–H groups in total. The van der Waals surface area contributed by atoms with Gasteiger partial charge in [0.15, 0.2) is 0 Å². The van der Waals surface area contributed by atoms with Gasteiger partial charge in [-0.15, -0.1) is 13.2 Å². The second-order valence-corrected chi connectivity index (χ2v) is 5.99. The molecule has 0 bridgehead atoms. The lowest BCUT2D eigenvalue weighted by Gasteiger charge is -2.19. The summed E-state index contributed by atoms with van der Waals surface area (Å²) in [6.07, 6.45) is 3.82. The maximum Gasteiger partial charge on any atom is 0.249 e. The summed E-state index contributed by atoms with van der Waals surface area (Å²) in [5, 5.41) is 0. The maximum atomic E-state index is 5.97. The Morgan fingerprint density at radius 2 is 2.00 bits per heavy atom. The van der Waals surface area contributed by atoms with E-state index in [4.69, 9.17) is 4.43 Å². The van der Waals surface area contributed by atoms with Gasteiger partial charge in [-0.1, -0.05) is 37.3 Å². The van der Waals surface area contributed by atoms with Crippen molar-refractivity contribution in [2.24, 2.45) is 0 Å². The molecule has 0 saturated carbocycles. The fourth-order valence-corrected chi connectivity index (χ4v) is 2.98. The molecule has 1 aromatic rings. The molecule has 1 aromatic carbocycles. The summed E-state index contributed by atoms with van der Waals surface area (Å²) >= 11 is 0. The molecule has 1 nitrogen and oxygen atoms in total. The third-order valence-electron chi connectivity index (χ3n) is 2.23. The molecular weight excluding hydrogens is 200 g/mol. The Morgan fingerprint density at radius 1 is 1.33 bits per heavy atom. The molecule has 0 fully saturated rings. The Labute approximate surface area is 93.8 Å². The molecule has 15 heavy (non-hydrogen) atoms. The predicted molar refractivity (Wildman–Crippen MR) is 68.3 cm³/mol. The zero-order valence-electron chi connectivity index (χ0n) is 9.15. The largest absolute Gasteiger partial charge is 0.545 e. The van der Waals surface area contributed by atoms with Crippen molar-refractivity contribution in [3.8, 4) is 5.75 Å². The lowest BCUT2D eigenvalue weighted by Crippen LogP contribution is -2.27. The van der Waals surface area contributed by atoms with E-state index in [0.29, 0.717) is 0 Å². The smallest absolute Gasteiger partial charge is 0.249 e. The summed E-state index contributed by atoms with van der Waals surface area (Å²) in [6.45, 7) is 9.63. The van der Waals surface area contributed by atoms with E-state index in [1.54, 1.807) is 0 Å². The average Bonchev–Trinajstić information content (AvgIpc) is 2.29. The molecule has 0 aliphatic heterocycles. The van der Waals surface area contributed by atoms with Crippen LogP contribution < -0.4 is 4.43 Å². The van der Waals surface area contributed by atoms with Crippen molar-refractivity contribution in [3.05, 3.63) is 61.2 Å². The van der Waals surface area contributed by atoms with Crippen LogP contribution in [0.25, 0.3) is 0 Å². The van der Waals surface area contributed by atoms with Gasteiger partial charge in [0.05, 0.1) is 0 Å². The molecular formula is C13H17OSi. The topological polar surface area (TPSA) is 9.23 Å². The van der Waals surface area contributed by atoms with Gasteiger partial charge >= 0.3 is 0 Å². The highest BCUT2D eigenvalue weighted by molar-refractivity contribution is 6.60. The average molecular weight is 217 g/mol. The lowest BCUT2D eigenvalue weighted by atomic mass is 10.3. The molecule has 0 amide bonds. The van der Waals surface area contributed by atoms with Crippen molar-refractivity contribution < 1.29 is 4.43 Å². The SMILES string of the molecule is C=CC[SiH](Oc1ccccc1)[C](C)C=C. The summed E-state index contributed by atoms with van der Waals surface area (Å²) in [5.41, 5.74) is 1.26. The second kappa shape index (κ2) is 6.25. The summed E-state index contributed by atoms with van der Waals surface area (Å²) in [6, 6.07) is 10.9. The first-order valence-electron chi connectivity index (χ1n) is 5.06. The van der Waals surface area contributed by atoms with E-state index in [1.807, 2.05) is 42.5 Å². The minimum absolute atomic E-state index is 0.937. The quantitative estimate of drug-likeness (QED) is 0.525. The van der Waals surface area contributed by atoms with Crippen molar-refractivity contribution in [1.82, 2.24) is 0 Å². The molecule has 0 saturated heterocycles. The zero-order chi connectivity index (χ0) is 11.1. The van der Waals surface area contributed by atoms with E-state index in [1.165, 1.54) is 5.54 Å². The normalized spacial score (nSPS) is 12.1. The third-order valence-corrected chi connectivity index (χ3v) is 4.80. The van der Waals surface area contributed by atoms with Crippen LogP contribution in [0.4, 0.5) is 0 Å². The molecule has 0 aliphatic rings. The van der Waals surface area contributed by atoms with Gasteiger partial charge in [0, 0.05) is 5.54 Å². The van der Waals surface area contributed by atoms with Crippen LogP contribution in [-0.4, -0.2) is 9.04 Å². The molecule has 0 aliphatic carbocycles. The van der Waals surface area contributed by atoms with Crippen LogP contribution in [0.5, 0.6) is 5.75 Å². The monoisotopic (exact) mass is 217 g/mol. The number of para-hydroxylation sites is 1. The first kappa shape index (κ1) is 11.8. The van der Waals surface area contributed by atoms with Gasteiger partial charge in [0.2, 0.25) is 9.04 Å². The highest BCUT2D eigenvalue weighted by atomic mass is 28.3. The number of rotatable bonds is 6. The molecule has 1 unspecified atom stereocenters. The Balaban J connectivity index is 2.66. The van der Waals surface area contributed by atoms with Gasteiger partial charge in [-0.2, -0.15) is 0 Å². The molecule has 1 atom stereocenters. The van der Waals surface area contributed by atoms with E-state index >= 15 is 0 Å². The van der Waals surface area contributed by atoms with Gasteiger partial charge in [-0.05, 0) is 18.2 Å². The van der Waals surface area contributed by atoms with Gasteiger partial charge in [0.1, 0.15) is 5.75 Å². The summed E-state index contributed by atoms with van der Waals surface area (Å²) in [5.74, 6) is 0.942. The van der Waals surface area contributed by atoms with Crippen LogP contribution in [-0.2, 0) is 0 Å². The summed E-state index contributed by atoms with van der Waals surface area (Å²) in [4.78, 5) is 0. The van der Waals surface area contributed by atoms with E-state index in [-0.39, 0.29) is 0 Å². The van der Waals surface area contributed by atoms with Crippen LogP contribution in [0.3, 0.4) is 0 Å². The first-order chi connectivity index (χ1) is 7.27. The maximum absolute atomic E-state index is 5.97. The number of hydrogen-bond acceptors (Lipinski definition) is 1. The van der Waals surface area contributed by atoms with Gasteiger partial charge in [0.25, 0.3) is 0 Å². The third kappa shape index (κ3) is 3.76. The van der Waals surface area contributed by atoms with E-state index < -0.39 is 9.04 Å². The van der Waals surface area contributed by atoms with Crippen molar-refractivity contribution in [3.63, 3.8) is 0 Å². The molecule has 1 rings (SSSR count). The van der Waals surface area contributed by atoms with E-state index in [9.17, 15) is 0 Å². The van der Waals surface area contributed by atoms with Gasteiger partial charge in [-0.3, -0.25) is 0 Å². The predicted octanol–water partition coefficient (Wildman–Crippen LogP) is 3.29. The molecule has 2 heteroatoms. The minimum atomic E-state index is -1.37. The van der Waals surface area contributed by atoms with Crippen molar-refractivity contribution >= 4 is 9.04 Å². The van der Waals surface area contributed by atoms with Crippen LogP contribution in [0.15, 0.2) is 55.6 Å². The number of benzene rings is 1. The lowest BCUT2D eigenvalue weighted by molar-refractivity contribution is 0.572. The first-order valence-corrected chi connectivity index (χ1v) is 6.93.